The fraction of sp³-hybridized carbons (Fsp3) is 0.308. The lowest BCUT2D eigenvalue weighted by Gasteiger charge is -2.21. The number of hydrogen-bond acceptors (Lipinski definition) is 3. The van der Waals surface area contributed by atoms with Crippen LogP contribution in [0.25, 0.3) is 0 Å². The number of hydrogen-bond donors (Lipinski definition) is 2. The van der Waals surface area contributed by atoms with E-state index in [1.54, 1.807) is 25.3 Å². The molecule has 1 heterocycles. The topological polar surface area (TPSA) is 50.4 Å². The molecule has 0 unspecified atom stereocenters. The molecule has 1 aromatic carbocycles. The van der Waals surface area contributed by atoms with Gasteiger partial charge in [0.1, 0.15) is 5.75 Å². The molecule has 0 saturated carbocycles. The van der Waals surface area contributed by atoms with Gasteiger partial charge in [0, 0.05) is 24.7 Å². The third kappa shape index (κ3) is 2.66. The summed E-state index contributed by atoms with van der Waals surface area (Å²) in [5.41, 5.74) is 2.44. The van der Waals surface area contributed by atoms with Gasteiger partial charge in [0.2, 0.25) is 0 Å². The number of methoxy groups -OCH3 is 1. The first-order chi connectivity index (χ1) is 8.61. The van der Waals surface area contributed by atoms with Crippen LogP contribution in [0.15, 0.2) is 29.3 Å². The van der Waals surface area contributed by atoms with Gasteiger partial charge in [-0.2, -0.15) is 0 Å². The van der Waals surface area contributed by atoms with Crippen molar-refractivity contribution in [3.63, 3.8) is 0 Å². The molecule has 1 aromatic rings. The van der Waals surface area contributed by atoms with E-state index in [1.165, 1.54) is 0 Å². The maximum Gasteiger partial charge on any atom is 0.251 e. The molecule has 5 heteroatoms. The Morgan fingerprint density at radius 2 is 2.17 bits per heavy atom. The van der Waals surface area contributed by atoms with Crippen molar-refractivity contribution in [3.05, 3.63) is 34.4 Å². The van der Waals surface area contributed by atoms with Crippen molar-refractivity contribution in [1.82, 2.24) is 5.32 Å². The summed E-state index contributed by atoms with van der Waals surface area (Å²) in [5.74, 6) is 0.534. The van der Waals surface area contributed by atoms with E-state index < -0.39 is 0 Å². The van der Waals surface area contributed by atoms with Crippen molar-refractivity contribution < 1.29 is 9.53 Å². The lowest BCUT2D eigenvalue weighted by molar-refractivity contribution is -0.112. The molecular formula is C13H15ClN2O2. The maximum atomic E-state index is 12.0. The Morgan fingerprint density at radius 3 is 2.72 bits per heavy atom. The third-order valence-corrected chi connectivity index (χ3v) is 3.30. The van der Waals surface area contributed by atoms with Crippen LogP contribution < -0.4 is 15.4 Å². The van der Waals surface area contributed by atoms with Crippen molar-refractivity contribution in [2.45, 2.75) is 6.92 Å². The standard InChI is InChI=1S/C13H15ClN2O2/c1-8(9-6-15-7-9)13(17)16-12-5-10(18-2)3-4-11(12)14/h3-5,15H,6-7H2,1-2H3,(H,16,17). The molecule has 96 valence electrons. The second-order valence-corrected chi connectivity index (χ2v) is 4.54. The van der Waals surface area contributed by atoms with Gasteiger partial charge in [-0.1, -0.05) is 11.6 Å². The van der Waals surface area contributed by atoms with Crippen LogP contribution in [0.5, 0.6) is 5.75 Å². The summed E-state index contributed by atoms with van der Waals surface area (Å²) < 4.78 is 5.10. The largest absolute Gasteiger partial charge is 0.497 e. The molecule has 2 N–H and O–H groups in total. The molecule has 0 spiro atoms. The predicted molar refractivity (Wildman–Crippen MR) is 72.2 cm³/mol. The first kappa shape index (κ1) is 12.9. The molecular weight excluding hydrogens is 252 g/mol. The van der Waals surface area contributed by atoms with E-state index in [0.29, 0.717) is 16.5 Å². The Labute approximate surface area is 111 Å². The second kappa shape index (κ2) is 5.42. The summed E-state index contributed by atoms with van der Waals surface area (Å²) in [7, 11) is 1.57. The van der Waals surface area contributed by atoms with Crippen LogP contribution in [-0.4, -0.2) is 26.1 Å². The molecule has 1 amide bonds. The lowest BCUT2D eigenvalue weighted by Crippen LogP contribution is -2.36. The molecule has 1 saturated heterocycles. The summed E-state index contributed by atoms with van der Waals surface area (Å²) in [6.45, 7) is 3.38. The quantitative estimate of drug-likeness (QED) is 0.825. The van der Waals surface area contributed by atoms with Gasteiger partial charge in [-0.3, -0.25) is 4.79 Å². The smallest absolute Gasteiger partial charge is 0.251 e. The lowest BCUT2D eigenvalue weighted by atomic mass is 10.0. The first-order valence-electron chi connectivity index (χ1n) is 5.66. The molecule has 1 aliphatic heterocycles. The number of carbonyl (C=O) groups excluding carboxylic acids is 1. The number of benzene rings is 1. The van der Waals surface area contributed by atoms with Crippen molar-refractivity contribution in [3.8, 4) is 5.75 Å². The van der Waals surface area contributed by atoms with Gasteiger partial charge in [-0.25, -0.2) is 0 Å². The normalized spacial score (nSPS) is 13.8. The highest BCUT2D eigenvalue weighted by molar-refractivity contribution is 6.34. The highest BCUT2D eigenvalue weighted by Crippen LogP contribution is 2.27. The Balaban J connectivity index is 2.16. The number of halogens is 1. The summed E-state index contributed by atoms with van der Waals surface area (Å²) in [6.07, 6.45) is 0. The Bertz CT molecular complexity index is 506. The van der Waals surface area contributed by atoms with Crippen LogP contribution >= 0.6 is 11.6 Å². The van der Waals surface area contributed by atoms with Crippen LogP contribution in [0.4, 0.5) is 5.69 Å². The van der Waals surface area contributed by atoms with E-state index in [-0.39, 0.29) is 5.91 Å². The van der Waals surface area contributed by atoms with Crippen LogP contribution in [-0.2, 0) is 4.79 Å². The summed E-state index contributed by atoms with van der Waals surface area (Å²) in [5, 5.41) is 6.40. The molecule has 18 heavy (non-hydrogen) atoms. The van der Waals surface area contributed by atoms with Gasteiger partial charge < -0.3 is 15.4 Å². The van der Waals surface area contributed by atoms with Gasteiger partial charge in [0.25, 0.3) is 5.91 Å². The van der Waals surface area contributed by atoms with Gasteiger partial charge in [0.15, 0.2) is 0 Å². The van der Waals surface area contributed by atoms with Gasteiger partial charge in [0.05, 0.1) is 17.8 Å². The molecule has 2 rings (SSSR count). The highest BCUT2D eigenvalue weighted by Gasteiger charge is 2.16. The van der Waals surface area contributed by atoms with Crippen LogP contribution in [0.1, 0.15) is 6.92 Å². The maximum absolute atomic E-state index is 12.0. The van der Waals surface area contributed by atoms with Crippen molar-refractivity contribution in [2.75, 3.05) is 25.5 Å². The molecule has 0 atom stereocenters. The van der Waals surface area contributed by atoms with Crippen molar-refractivity contribution in [2.24, 2.45) is 0 Å². The van der Waals surface area contributed by atoms with Crippen LogP contribution in [0.2, 0.25) is 5.02 Å². The summed E-state index contributed by atoms with van der Waals surface area (Å²) in [4.78, 5) is 12.0. The average molecular weight is 267 g/mol. The Hall–Kier alpha value is -1.52. The van der Waals surface area contributed by atoms with E-state index in [9.17, 15) is 4.79 Å². The molecule has 0 bridgehead atoms. The number of nitrogens with one attached hydrogen (secondary N) is 2. The fourth-order valence-corrected chi connectivity index (χ4v) is 1.78. The van der Waals surface area contributed by atoms with E-state index >= 15 is 0 Å². The number of carbonyl (C=O) groups is 1. The minimum Gasteiger partial charge on any atom is -0.497 e. The van der Waals surface area contributed by atoms with Gasteiger partial charge in [-0.05, 0) is 24.6 Å². The number of ether oxygens (including phenoxy) is 1. The number of amides is 1. The number of anilines is 1. The van der Waals surface area contributed by atoms with Crippen molar-refractivity contribution >= 4 is 23.2 Å². The van der Waals surface area contributed by atoms with E-state index in [2.05, 4.69) is 10.6 Å². The summed E-state index contributed by atoms with van der Waals surface area (Å²) >= 11 is 6.03. The molecule has 4 nitrogen and oxygen atoms in total. The zero-order valence-electron chi connectivity index (χ0n) is 10.3. The molecule has 1 aliphatic rings. The third-order valence-electron chi connectivity index (χ3n) is 2.97. The molecule has 1 fully saturated rings. The summed E-state index contributed by atoms with van der Waals surface area (Å²) in [6, 6.07) is 5.15. The van der Waals surface area contributed by atoms with Crippen LogP contribution in [0.3, 0.4) is 0 Å². The van der Waals surface area contributed by atoms with Crippen molar-refractivity contribution in [1.29, 1.82) is 0 Å². The van der Waals surface area contributed by atoms with E-state index in [0.717, 1.165) is 24.2 Å². The predicted octanol–water partition coefficient (Wildman–Crippen LogP) is 2.21. The number of rotatable bonds is 3. The minimum atomic E-state index is -0.123. The van der Waals surface area contributed by atoms with E-state index in [4.69, 9.17) is 16.3 Å². The fourth-order valence-electron chi connectivity index (χ4n) is 1.62. The monoisotopic (exact) mass is 266 g/mol. The molecule has 0 radical (unpaired) electrons. The molecule has 0 aliphatic carbocycles. The molecule has 0 aromatic heterocycles. The highest BCUT2D eigenvalue weighted by atomic mass is 35.5. The van der Waals surface area contributed by atoms with Gasteiger partial charge >= 0.3 is 0 Å². The Morgan fingerprint density at radius 1 is 1.44 bits per heavy atom. The van der Waals surface area contributed by atoms with E-state index in [1.807, 2.05) is 6.92 Å². The minimum absolute atomic E-state index is 0.123. The zero-order valence-corrected chi connectivity index (χ0v) is 11.1. The average Bonchev–Trinajstić information content (AvgIpc) is 2.29. The SMILES string of the molecule is COc1ccc(Cl)c(NC(=O)C(C)=C2CNC2)c1. The van der Waals surface area contributed by atoms with Crippen LogP contribution in [0, 0.1) is 0 Å². The second-order valence-electron chi connectivity index (χ2n) is 4.13. The Kier molecular flexibility index (Phi) is 3.89. The zero-order chi connectivity index (χ0) is 13.1. The van der Waals surface area contributed by atoms with Gasteiger partial charge in [-0.15, -0.1) is 0 Å². The first-order valence-corrected chi connectivity index (χ1v) is 6.04.